The summed E-state index contributed by atoms with van der Waals surface area (Å²) in [6.07, 6.45) is 0. The first kappa shape index (κ1) is 18.0. The second-order valence-corrected chi connectivity index (χ2v) is 5.73. The van der Waals surface area contributed by atoms with Crippen molar-refractivity contribution >= 4 is 11.6 Å². The number of carbonyl (C=O) groups is 1. The van der Waals surface area contributed by atoms with Crippen molar-refractivity contribution < 1.29 is 19.6 Å². The second-order valence-electron chi connectivity index (χ2n) is 5.73. The summed E-state index contributed by atoms with van der Waals surface area (Å²) in [7, 11) is 3.27. The minimum Gasteiger partial charge on any atom is -0.497 e. The molecule has 5 nitrogen and oxygen atoms in total. The average molecular weight is 329 g/mol. The molecule has 1 amide bonds. The van der Waals surface area contributed by atoms with Gasteiger partial charge in [0, 0.05) is 24.4 Å². The van der Waals surface area contributed by atoms with Crippen LogP contribution in [0.25, 0.3) is 0 Å². The Morgan fingerprint density at radius 2 is 1.88 bits per heavy atom. The highest BCUT2D eigenvalue weighted by Crippen LogP contribution is 2.18. The largest absolute Gasteiger partial charge is 0.497 e. The van der Waals surface area contributed by atoms with Gasteiger partial charge in [-0.15, -0.1) is 0 Å². The first-order valence-electron chi connectivity index (χ1n) is 7.98. The molecule has 0 spiro atoms. The summed E-state index contributed by atoms with van der Waals surface area (Å²) >= 11 is 0. The van der Waals surface area contributed by atoms with Gasteiger partial charge in [0.25, 0.3) is 5.91 Å². The predicted molar refractivity (Wildman–Crippen MR) is 94.1 cm³/mol. The lowest BCUT2D eigenvalue weighted by Gasteiger charge is -2.20. The van der Waals surface area contributed by atoms with E-state index in [0.29, 0.717) is 18.0 Å². The van der Waals surface area contributed by atoms with E-state index < -0.39 is 0 Å². The highest BCUT2D eigenvalue weighted by molar-refractivity contribution is 5.94. The summed E-state index contributed by atoms with van der Waals surface area (Å²) in [6.45, 7) is 2.62. The van der Waals surface area contributed by atoms with Gasteiger partial charge in [0.2, 0.25) is 0 Å². The summed E-state index contributed by atoms with van der Waals surface area (Å²) in [5, 5.41) is 4.99. The van der Waals surface area contributed by atoms with Crippen LogP contribution in [0.4, 0.5) is 5.69 Å². The zero-order valence-corrected chi connectivity index (χ0v) is 14.4. The minimum atomic E-state index is -0.345. The fraction of sp³-hybridized carbons (Fsp3) is 0.316. The molecule has 24 heavy (non-hydrogen) atoms. The van der Waals surface area contributed by atoms with Crippen LogP contribution in [0.2, 0.25) is 0 Å². The molecule has 2 aromatic rings. The number of anilines is 1. The fourth-order valence-corrected chi connectivity index (χ4v) is 2.58. The molecule has 2 atom stereocenters. The summed E-state index contributed by atoms with van der Waals surface area (Å²) in [4.78, 5) is 12.8. The molecule has 0 unspecified atom stereocenters. The lowest BCUT2D eigenvalue weighted by molar-refractivity contribution is -0.713. The van der Waals surface area contributed by atoms with E-state index in [1.54, 1.807) is 20.3 Å². The average Bonchev–Trinajstić information content (AvgIpc) is 2.60. The maximum atomic E-state index is 12.8. The van der Waals surface area contributed by atoms with Crippen LogP contribution in [-0.2, 0) is 9.53 Å². The van der Waals surface area contributed by atoms with Crippen molar-refractivity contribution in [3.05, 3.63) is 60.2 Å². The van der Waals surface area contributed by atoms with Crippen molar-refractivity contribution in [2.75, 3.05) is 26.1 Å². The van der Waals surface area contributed by atoms with Gasteiger partial charge in [-0.3, -0.25) is 4.79 Å². The van der Waals surface area contributed by atoms with Gasteiger partial charge in [-0.25, -0.2) is 0 Å². The van der Waals surface area contributed by atoms with E-state index >= 15 is 0 Å². The van der Waals surface area contributed by atoms with Crippen LogP contribution in [-0.4, -0.2) is 32.8 Å². The summed E-state index contributed by atoms with van der Waals surface area (Å²) < 4.78 is 10.4. The number of nitrogens with two attached hydrogens (primary N) is 1. The SMILES string of the molecule is COC[C@@H](C)[NH2+][C@@H](C(=O)Nc1cccc(OC)c1)c1ccccc1. The predicted octanol–water partition coefficient (Wildman–Crippen LogP) is 1.97. The van der Waals surface area contributed by atoms with Gasteiger partial charge in [-0.05, 0) is 19.1 Å². The Bertz CT molecular complexity index is 646. The number of carbonyl (C=O) groups excluding carboxylic acids is 1. The van der Waals surface area contributed by atoms with Crippen LogP contribution >= 0.6 is 0 Å². The monoisotopic (exact) mass is 329 g/mol. The van der Waals surface area contributed by atoms with Gasteiger partial charge >= 0.3 is 0 Å². The Kier molecular flexibility index (Phi) is 6.78. The molecule has 0 aromatic heterocycles. The fourth-order valence-electron chi connectivity index (χ4n) is 2.58. The van der Waals surface area contributed by atoms with Gasteiger partial charge in [-0.2, -0.15) is 0 Å². The van der Waals surface area contributed by atoms with E-state index in [1.807, 2.05) is 60.8 Å². The first-order valence-corrected chi connectivity index (χ1v) is 7.98. The van der Waals surface area contributed by atoms with E-state index in [1.165, 1.54) is 0 Å². The van der Waals surface area contributed by atoms with Crippen LogP contribution in [0.3, 0.4) is 0 Å². The van der Waals surface area contributed by atoms with E-state index in [4.69, 9.17) is 9.47 Å². The molecule has 5 heteroatoms. The van der Waals surface area contributed by atoms with Crippen LogP contribution in [0.1, 0.15) is 18.5 Å². The minimum absolute atomic E-state index is 0.0718. The quantitative estimate of drug-likeness (QED) is 0.778. The van der Waals surface area contributed by atoms with Gasteiger partial charge in [0.15, 0.2) is 6.04 Å². The number of quaternary nitrogens is 1. The maximum absolute atomic E-state index is 12.8. The molecule has 0 radical (unpaired) electrons. The van der Waals surface area contributed by atoms with E-state index in [2.05, 4.69) is 5.32 Å². The molecule has 0 heterocycles. The molecule has 0 saturated heterocycles. The Labute approximate surface area is 143 Å². The van der Waals surface area contributed by atoms with Crippen LogP contribution in [0, 0.1) is 0 Å². The van der Waals surface area contributed by atoms with E-state index in [9.17, 15) is 4.79 Å². The first-order chi connectivity index (χ1) is 11.6. The highest BCUT2D eigenvalue weighted by atomic mass is 16.5. The summed E-state index contributed by atoms with van der Waals surface area (Å²) in [5.74, 6) is 0.637. The lowest BCUT2D eigenvalue weighted by atomic mass is 10.0. The summed E-state index contributed by atoms with van der Waals surface area (Å²) in [5.41, 5.74) is 1.67. The molecule has 2 rings (SSSR count). The summed E-state index contributed by atoms with van der Waals surface area (Å²) in [6, 6.07) is 16.9. The van der Waals surface area contributed by atoms with Crippen LogP contribution in [0.5, 0.6) is 5.75 Å². The molecule has 0 fully saturated rings. The van der Waals surface area contributed by atoms with Crippen molar-refractivity contribution in [1.82, 2.24) is 0 Å². The van der Waals surface area contributed by atoms with Crippen molar-refractivity contribution in [1.29, 1.82) is 0 Å². The maximum Gasteiger partial charge on any atom is 0.287 e. The number of hydrogen-bond acceptors (Lipinski definition) is 3. The van der Waals surface area contributed by atoms with Gasteiger partial charge in [-0.1, -0.05) is 36.4 Å². The van der Waals surface area contributed by atoms with E-state index in [-0.39, 0.29) is 18.0 Å². The zero-order chi connectivity index (χ0) is 17.4. The third kappa shape index (κ3) is 5.08. The third-order valence-corrected chi connectivity index (χ3v) is 3.73. The normalized spacial score (nSPS) is 13.1. The van der Waals surface area contributed by atoms with Crippen LogP contribution < -0.4 is 15.4 Å². The van der Waals surface area contributed by atoms with Gasteiger partial charge in [0.05, 0.1) is 13.7 Å². The zero-order valence-electron chi connectivity index (χ0n) is 14.4. The number of rotatable bonds is 8. The van der Waals surface area contributed by atoms with Gasteiger partial charge in [0.1, 0.15) is 11.8 Å². The second kappa shape index (κ2) is 9.05. The van der Waals surface area contributed by atoms with Crippen molar-refractivity contribution in [2.24, 2.45) is 0 Å². The third-order valence-electron chi connectivity index (χ3n) is 3.73. The molecule has 128 valence electrons. The topological polar surface area (TPSA) is 64.2 Å². The van der Waals surface area contributed by atoms with Crippen LogP contribution in [0.15, 0.2) is 54.6 Å². The molecule has 0 saturated carbocycles. The Morgan fingerprint density at radius 3 is 2.54 bits per heavy atom. The van der Waals surface area contributed by atoms with Crippen molar-refractivity contribution in [3.8, 4) is 5.75 Å². The molecular weight excluding hydrogens is 304 g/mol. The molecule has 0 aliphatic heterocycles. The van der Waals surface area contributed by atoms with Crippen molar-refractivity contribution in [2.45, 2.75) is 19.0 Å². The number of methoxy groups -OCH3 is 2. The number of amides is 1. The number of ether oxygens (including phenoxy) is 2. The molecule has 0 bridgehead atoms. The Balaban J connectivity index is 2.17. The highest BCUT2D eigenvalue weighted by Gasteiger charge is 2.26. The van der Waals surface area contributed by atoms with Crippen molar-refractivity contribution in [3.63, 3.8) is 0 Å². The van der Waals surface area contributed by atoms with Gasteiger partial charge < -0.3 is 20.1 Å². The molecule has 3 N–H and O–H groups in total. The Morgan fingerprint density at radius 1 is 1.12 bits per heavy atom. The standard InChI is InChI=1S/C19H24N2O3/c1-14(13-23-2)20-18(15-8-5-4-6-9-15)19(22)21-16-10-7-11-17(12-16)24-3/h4-12,14,18,20H,13H2,1-3H3,(H,21,22)/p+1/t14-,18-/m1/s1. The number of nitrogens with one attached hydrogen (secondary N) is 1. The molecule has 2 aromatic carbocycles. The Hall–Kier alpha value is -2.37. The number of hydrogen-bond donors (Lipinski definition) is 2. The smallest absolute Gasteiger partial charge is 0.287 e. The molecule has 0 aliphatic carbocycles. The number of benzene rings is 2. The lowest BCUT2D eigenvalue weighted by Crippen LogP contribution is -2.92. The molecular formula is C19H25N2O3+. The van der Waals surface area contributed by atoms with E-state index in [0.717, 1.165) is 5.56 Å². The molecule has 0 aliphatic rings.